The molecule has 3 heterocycles. The van der Waals surface area contributed by atoms with Crippen LogP contribution in [0.5, 0.6) is 0 Å². The molecule has 1 saturated carbocycles. The number of hydrogen-bond donors (Lipinski definition) is 1. The smallest absolute Gasteiger partial charge is 0.270 e. The third kappa shape index (κ3) is 3.05. The molecular formula is C19H18F2N4O. The van der Waals surface area contributed by atoms with Crippen molar-refractivity contribution in [2.45, 2.75) is 38.5 Å². The number of nitrogens with zero attached hydrogens (tertiary/aromatic N) is 3. The van der Waals surface area contributed by atoms with Crippen molar-refractivity contribution in [1.29, 1.82) is 0 Å². The fourth-order valence-electron chi connectivity index (χ4n) is 3.13. The number of fused-ring (bicyclic) bond motifs is 1. The molecule has 1 amide bonds. The van der Waals surface area contributed by atoms with Crippen LogP contribution in [0.4, 0.5) is 14.6 Å². The molecule has 1 fully saturated rings. The van der Waals surface area contributed by atoms with E-state index in [4.69, 9.17) is 0 Å². The van der Waals surface area contributed by atoms with Crippen molar-refractivity contribution in [3.63, 3.8) is 0 Å². The van der Waals surface area contributed by atoms with Gasteiger partial charge < -0.3 is 9.88 Å². The number of aromatic nitrogens is 3. The van der Waals surface area contributed by atoms with E-state index < -0.39 is 5.92 Å². The van der Waals surface area contributed by atoms with E-state index in [0.717, 1.165) is 36.2 Å². The first kappa shape index (κ1) is 16.6. The molecule has 134 valence electrons. The average Bonchev–Trinajstić information content (AvgIpc) is 3.35. The highest BCUT2D eigenvalue weighted by Crippen LogP contribution is 2.44. The highest BCUT2D eigenvalue weighted by Gasteiger charge is 2.29. The molecular weight excluding hydrogens is 338 g/mol. The van der Waals surface area contributed by atoms with E-state index in [9.17, 15) is 13.6 Å². The number of amides is 1. The number of pyridine rings is 2. The van der Waals surface area contributed by atoms with E-state index in [1.54, 1.807) is 16.8 Å². The van der Waals surface area contributed by atoms with Crippen molar-refractivity contribution >= 4 is 22.6 Å². The molecule has 7 heteroatoms. The number of hydrogen-bond acceptors (Lipinski definition) is 3. The molecule has 26 heavy (non-hydrogen) atoms. The fourth-order valence-corrected chi connectivity index (χ4v) is 3.13. The quantitative estimate of drug-likeness (QED) is 0.755. The number of halogens is 2. The van der Waals surface area contributed by atoms with Crippen molar-refractivity contribution in [2.24, 2.45) is 0 Å². The van der Waals surface area contributed by atoms with E-state index in [-0.39, 0.29) is 11.5 Å². The minimum Gasteiger partial charge on any atom is -0.311 e. The van der Waals surface area contributed by atoms with Gasteiger partial charge in [-0.1, -0.05) is 0 Å². The maximum Gasteiger partial charge on any atom is 0.270 e. The van der Waals surface area contributed by atoms with Crippen LogP contribution >= 0.6 is 0 Å². The summed E-state index contributed by atoms with van der Waals surface area (Å²) >= 11 is 0. The average molecular weight is 356 g/mol. The summed E-state index contributed by atoms with van der Waals surface area (Å²) in [5, 5.41) is 3.62. The Labute approximate surface area is 149 Å². The molecule has 0 spiro atoms. The zero-order valence-corrected chi connectivity index (χ0v) is 14.5. The monoisotopic (exact) mass is 356 g/mol. The molecule has 4 rings (SSSR count). The van der Waals surface area contributed by atoms with E-state index in [0.29, 0.717) is 17.6 Å². The molecule has 1 aliphatic carbocycles. The molecule has 3 aromatic rings. The Morgan fingerprint density at radius 1 is 1.31 bits per heavy atom. The lowest BCUT2D eigenvalue weighted by atomic mass is 10.1. The molecule has 3 aromatic heterocycles. The molecule has 0 radical (unpaired) electrons. The molecule has 0 atom stereocenters. The Hall–Kier alpha value is -2.83. The van der Waals surface area contributed by atoms with Crippen LogP contribution in [0.1, 0.15) is 43.7 Å². The van der Waals surface area contributed by atoms with Gasteiger partial charge in [0.25, 0.3) is 5.92 Å². The predicted molar refractivity (Wildman–Crippen MR) is 94.7 cm³/mol. The lowest BCUT2D eigenvalue weighted by molar-refractivity contribution is -0.114. The zero-order valence-electron chi connectivity index (χ0n) is 14.5. The van der Waals surface area contributed by atoms with E-state index >= 15 is 0 Å². The SMILES string of the molecule is CC(=O)Nc1cc2c(cn1)c(C1CC1)cn2-c1cc(C(C)(F)F)ccn1. The second-order valence-electron chi connectivity index (χ2n) is 6.79. The molecule has 0 aromatic carbocycles. The second kappa shape index (κ2) is 5.86. The van der Waals surface area contributed by atoms with Gasteiger partial charge in [-0.2, -0.15) is 0 Å². The summed E-state index contributed by atoms with van der Waals surface area (Å²) in [6.45, 7) is 2.28. The first-order chi connectivity index (χ1) is 12.3. The van der Waals surface area contributed by atoms with Crippen molar-refractivity contribution in [3.8, 4) is 5.82 Å². The van der Waals surface area contributed by atoms with Crippen molar-refractivity contribution in [1.82, 2.24) is 14.5 Å². The number of nitrogens with one attached hydrogen (secondary N) is 1. The van der Waals surface area contributed by atoms with Crippen LogP contribution in [-0.4, -0.2) is 20.4 Å². The molecule has 1 aliphatic rings. The number of anilines is 1. The minimum absolute atomic E-state index is 0.0894. The van der Waals surface area contributed by atoms with Gasteiger partial charge in [-0.3, -0.25) is 4.79 Å². The molecule has 5 nitrogen and oxygen atoms in total. The van der Waals surface area contributed by atoms with Crippen LogP contribution in [-0.2, 0) is 10.7 Å². The summed E-state index contributed by atoms with van der Waals surface area (Å²) in [5.41, 5.74) is 1.83. The molecule has 0 unspecified atom stereocenters. The normalized spacial score (nSPS) is 14.6. The summed E-state index contributed by atoms with van der Waals surface area (Å²) in [7, 11) is 0. The van der Waals surface area contributed by atoms with Crippen molar-refractivity contribution in [3.05, 3.63) is 47.9 Å². The Balaban J connectivity index is 1.89. The highest BCUT2D eigenvalue weighted by molar-refractivity contribution is 5.92. The van der Waals surface area contributed by atoms with Gasteiger partial charge in [0, 0.05) is 49.5 Å². The lowest BCUT2D eigenvalue weighted by Crippen LogP contribution is -2.09. The third-order valence-electron chi connectivity index (χ3n) is 4.54. The Bertz CT molecular complexity index is 1000. The maximum absolute atomic E-state index is 13.7. The van der Waals surface area contributed by atoms with E-state index in [1.165, 1.54) is 25.3 Å². The Morgan fingerprint density at radius 2 is 2.08 bits per heavy atom. The summed E-state index contributed by atoms with van der Waals surface area (Å²) in [6.07, 6.45) is 7.27. The minimum atomic E-state index is -2.94. The van der Waals surface area contributed by atoms with Crippen molar-refractivity contribution < 1.29 is 13.6 Å². The Kier molecular flexibility index (Phi) is 3.75. The number of carbonyl (C=O) groups excluding carboxylic acids is 1. The van der Waals surface area contributed by atoms with Crippen molar-refractivity contribution in [2.75, 3.05) is 5.32 Å². The number of carbonyl (C=O) groups is 1. The number of rotatable bonds is 4. The fraction of sp³-hybridized carbons (Fsp3) is 0.316. The maximum atomic E-state index is 13.7. The number of alkyl halides is 2. The van der Waals surface area contributed by atoms with Crippen LogP contribution in [0.3, 0.4) is 0 Å². The van der Waals surface area contributed by atoms with Crippen LogP contribution in [0, 0.1) is 0 Å². The van der Waals surface area contributed by atoms with Crippen LogP contribution in [0.25, 0.3) is 16.7 Å². The molecule has 0 bridgehead atoms. The zero-order chi connectivity index (χ0) is 18.5. The predicted octanol–water partition coefficient (Wildman–Crippen LogP) is 4.37. The third-order valence-corrected chi connectivity index (χ3v) is 4.54. The van der Waals surface area contributed by atoms with Gasteiger partial charge in [0.2, 0.25) is 5.91 Å². The van der Waals surface area contributed by atoms with Gasteiger partial charge in [0.05, 0.1) is 5.52 Å². The molecule has 0 saturated heterocycles. The van der Waals surface area contributed by atoms with Gasteiger partial charge in [0.1, 0.15) is 11.6 Å². The first-order valence-corrected chi connectivity index (χ1v) is 8.46. The van der Waals surface area contributed by atoms with Gasteiger partial charge >= 0.3 is 0 Å². The van der Waals surface area contributed by atoms with E-state index in [2.05, 4.69) is 15.3 Å². The van der Waals surface area contributed by atoms with Gasteiger partial charge in [0.15, 0.2) is 0 Å². The topological polar surface area (TPSA) is 59.8 Å². The molecule has 0 aliphatic heterocycles. The summed E-state index contributed by atoms with van der Waals surface area (Å²) in [6, 6.07) is 4.47. The van der Waals surface area contributed by atoms with Crippen LogP contribution < -0.4 is 5.32 Å². The first-order valence-electron chi connectivity index (χ1n) is 8.46. The largest absolute Gasteiger partial charge is 0.311 e. The Morgan fingerprint density at radius 3 is 2.73 bits per heavy atom. The van der Waals surface area contributed by atoms with Gasteiger partial charge in [-0.05, 0) is 36.5 Å². The van der Waals surface area contributed by atoms with Crippen LogP contribution in [0.2, 0.25) is 0 Å². The lowest BCUT2D eigenvalue weighted by Gasteiger charge is -2.12. The van der Waals surface area contributed by atoms with Crippen LogP contribution in [0.15, 0.2) is 36.8 Å². The summed E-state index contributed by atoms with van der Waals surface area (Å²) < 4.78 is 29.2. The van der Waals surface area contributed by atoms with E-state index in [1.807, 2.05) is 6.20 Å². The van der Waals surface area contributed by atoms with Gasteiger partial charge in [-0.15, -0.1) is 0 Å². The molecule has 1 N–H and O–H groups in total. The second-order valence-corrected chi connectivity index (χ2v) is 6.79. The summed E-state index contributed by atoms with van der Waals surface area (Å²) in [4.78, 5) is 19.9. The highest BCUT2D eigenvalue weighted by atomic mass is 19.3. The summed E-state index contributed by atoms with van der Waals surface area (Å²) in [5.74, 6) is -1.86. The standard InChI is InChI=1S/C19H18F2N4O/c1-11(26)24-17-8-16-14(9-23-17)15(12-3-4-12)10-25(16)18-7-13(5-6-22-18)19(2,20)21/h5-10,12H,3-4H2,1-2H3,(H,23,24,26). The van der Waals surface area contributed by atoms with Gasteiger partial charge in [-0.25, -0.2) is 18.7 Å².